The molecule has 2 atom stereocenters. The van der Waals surface area contributed by atoms with Gasteiger partial charge >= 0.3 is 12.4 Å². The molecule has 2 N–H and O–H groups in total. The quantitative estimate of drug-likeness (QED) is 0.346. The van der Waals surface area contributed by atoms with Gasteiger partial charge in [-0.2, -0.15) is 0 Å². The molecule has 0 saturated carbocycles. The number of aromatic nitrogens is 1. The van der Waals surface area contributed by atoms with Crippen LogP contribution in [-0.4, -0.2) is 73.4 Å². The summed E-state index contributed by atoms with van der Waals surface area (Å²) in [6.07, 6.45) is -4.18. The first-order chi connectivity index (χ1) is 18.1. The Bertz CT molecular complexity index is 1410. The van der Waals surface area contributed by atoms with E-state index in [1.807, 2.05) is 0 Å². The zero-order chi connectivity index (χ0) is 28.8. The third kappa shape index (κ3) is 6.54. The van der Waals surface area contributed by atoms with E-state index in [0.717, 1.165) is 23.3 Å². The summed E-state index contributed by atoms with van der Waals surface area (Å²) in [6, 6.07) is 5.91. The molecule has 2 fully saturated rings. The van der Waals surface area contributed by atoms with Gasteiger partial charge in [0.2, 0.25) is 15.9 Å². The number of halogens is 5. The summed E-state index contributed by atoms with van der Waals surface area (Å²) in [6.45, 7) is -0.654. The van der Waals surface area contributed by atoms with Gasteiger partial charge in [0.15, 0.2) is 0 Å². The number of anilines is 1. The van der Waals surface area contributed by atoms with Gasteiger partial charge in [-0.15, -0.1) is 13.2 Å². The molecule has 0 radical (unpaired) electrons. The van der Waals surface area contributed by atoms with E-state index in [9.17, 15) is 36.0 Å². The zero-order valence-corrected chi connectivity index (χ0v) is 22.3. The summed E-state index contributed by atoms with van der Waals surface area (Å²) >= 11 is 11.9. The van der Waals surface area contributed by atoms with Crippen LogP contribution in [0.15, 0.2) is 36.4 Å². The number of urea groups is 1. The van der Waals surface area contributed by atoms with Gasteiger partial charge in [-0.1, -0.05) is 35.3 Å². The summed E-state index contributed by atoms with van der Waals surface area (Å²) < 4.78 is 66.2. The van der Waals surface area contributed by atoms with Crippen LogP contribution in [0.4, 0.5) is 23.7 Å². The van der Waals surface area contributed by atoms with E-state index in [0.29, 0.717) is 5.56 Å². The maximum atomic E-state index is 13.9. The van der Waals surface area contributed by atoms with Crippen LogP contribution in [-0.2, 0) is 26.0 Å². The lowest BCUT2D eigenvalue weighted by molar-refractivity contribution is -0.274. The van der Waals surface area contributed by atoms with Crippen molar-refractivity contribution in [1.29, 1.82) is 0 Å². The van der Waals surface area contributed by atoms with Crippen molar-refractivity contribution in [3.63, 3.8) is 0 Å². The molecule has 11 nitrogen and oxygen atoms in total. The Morgan fingerprint density at radius 1 is 1.18 bits per heavy atom. The number of benzene rings is 1. The van der Waals surface area contributed by atoms with E-state index in [-0.39, 0.29) is 35.4 Å². The van der Waals surface area contributed by atoms with Gasteiger partial charge in [-0.05, 0) is 29.8 Å². The van der Waals surface area contributed by atoms with E-state index in [4.69, 9.17) is 23.2 Å². The fourth-order valence-corrected chi connectivity index (χ4v) is 5.47. The number of rotatable bonds is 8. The number of alkyl halides is 3. The van der Waals surface area contributed by atoms with Crippen molar-refractivity contribution in [2.45, 2.75) is 30.8 Å². The molecule has 3 heterocycles. The molecule has 210 valence electrons. The third-order valence-electron chi connectivity index (χ3n) is 6.05. The van der Waals surface area contributed by atoms with Crippen LogP contribution in [0.3, 0.4) is 0 Å². The van der Waals surface area contributed by atoms with Crippen molar-refractivity contribution >= 4 is 56.8 Å². The van der Waals surface area contributed by atoms with Crippen LogP contribution in [0.1, 0.15) is 12.0 Å². The van der Waals surface area contributed by atoms with Gasteiger partial charge < -0.3 is 15.0 Å². The highest BCUT2D eigenvalue weighted by atomic mass is 35.5. The third-order valence-corrected chi connectivity index (χ3v) is 7.10. The lowest BCUT2D eigenvalue weighted by atomic mass is 9.87. The average Bonchev–Trinajstić information content (AvgIpc) is 3.24. The number of nitrogens with zero attached hydrogens (tertiary/aromatic N) is 3. The van der Waals surface area contributed by atoms with Crippen LogP contribution in [0, 0.1) is 0 Å². The standard InChI is InChI=1S/C22H20Cl2F3N5O6S/c1-39(36,37)28-10-18(33)29-13-9-21(8-12-2-4-15(5-3-12)38-22(25,26)27)19(34)32(20(35)31(21)11-13)14-6-16(23)30-17(24)7-14/h2-7,13,28H,8-11H2,1H3,(H,29,33)/t13-,21?/m0/s1. The van der Waals surface area contributed by atoms with Gasteiger partial charge in [0.05, 0.1) is 18.5 Å². The number of hydrogen-bond acceptors (Lipinski definition) is 7. The lowest BCUT2D eigenvalue weighted by Crippen LogP contribution is -2.47. The summed E-state index contributed by atoms with van der Waals surface area (Å²) in [5.74, 6) is -1.82. The maximum absolute atomic E-state index is 13.9. The number of pyridine rings is 1. The average molecular weight is 610 g/mol. The number of imide groups is 1. The van der Waals surface area contributed by atoms with Crippen molar-refractivity contribution in [2.24, 2.45) is 0 Å². The molecular formula is C22H20Cl2F3N5O6S. The Hall–Kier alpha value is -3.14. The molecule has 4 amide bonds. The molecular weight excluding hydrogens is 590 g/mol. The normalized spacial score (nSPS) is 21.3. The van der Waals surface area contributed by atoms with Crippen molar-refractivity contribution in [2.75, 3.05) is 24.2 Å². The molecule has 1 aromatic carbocycles. The molecule has 1 aromatic heterocycles. The van der Waals surface area contributed by atoms with Crippen molar-refractivity contribution < 1.29 is 40.7 Å². The predicted molar refractivity (Wildman–Crippen MR) is 133 cm³/mol. The minimum absolute atomic E-state index is 0.0635. The van der Waals surface area contributed by atoms with E-state index in [2.05, 4.69) is 19.8 Å². The van der Waals surface area contributed by atoms with Gasteiger partial charge in [0.25, 0.3) is 5.91 Å². The molecule has 0 spiro atoms. The number of fused-ring (bicyclic) bond motifs is 1. The number of sulfonamides is 1. The Morgan fingerprint density at radius 3 is 2.36 bits per heavy atom. The topological polar surface area (TPSA) is 138 Å². The van der Waals surface area contributed by atoms with Crippen LogP contribution >= 0.6 is 23.2 Å². The number of nitrogens with one attached hydrogen (secondary N) is 2. The van der Waals surface area contributed by atoms with Crippen LogP contribution in [0.5, 0.6) is 5.75 Å². The summed E-state index contributed by atoms with van der Waals surface area (Å²) in [5.41, 5.74) is -1.06. The van der Waals surface area contributed by atoms with Crippen molar-refractivity contribution in [3.05, 3.63) is 52.3 Å². The molecule has 2 aliphatic heterocycles. The minimum atomic E-state index is -4.89. The second-order valence-corrected chi connectivity index (χ2v) is 11.6. The van der Waals surface area contributed by atoms with Crippen LogP contribution in [0.2, 0.25) is 10.3 Å². The molecule has 17 heteroatoms. The maximum Gasteiger partial charge on any atom is 0.573 e. The zero-order valence-electron chi connectivity index (χ0n) is 20.0. The number of carbonyl (C=O) groups is 3. The Morgan fingerprint density at radius 2 is 1.79 bits per heavy atom. The lowest BCUT2D eigenvalue weighted by Gasteiger charge is -2.28. The van der Waals surface area contributed by atoms with E-state index < -0.39 is 58.1 Å². The van der Waals surface area contributed by atoms with Crippen molar-refractivity contribution in [3.8, 4) is 5.75 Å². The number of hydrogen-bond donors (Lipinski definition) is 2. The molecule has 2 aromatic rings. The van der Waals surface area contributed by atoms with Crippen LogP contribution < -0.4 is 19.7 Å². The first-order valence-corrected chi connectivity index (χ1v) is 13.8. The van der Waals surface area contributed by atoms with Gasteiger partial charge in [0, 0.05) is 25.4 Å². The molecule has 39 heavy (non-hydrogen) atoms. The predicted octanol–water partition coefficient (Wildman–Crippen LogP) is 2.47. The summed E-state index contributed by atoms with van der Waals surface area (Å²) in [5, 5.41) is 2.48. The van der Waals surface area contributed by atoms with Gasteiger partial charge in [-0.3, -0.25) is 9.59 Å². The van der Waals surface area contributed by atoms with Crippen molar-refractivity contribution in [1.82, 2.24) is 19.9 Å². The molecule has 0 aliphatic carbocycles. The smallest absolute Gasteiger partial charge is 0.406 e. The number of carbonyl (C=O) groups excluding carboxylic acids is 3. The first kappa shape index (κ1) is 28.9. The Labute approximate surface area is 230 Å². The highest BCUT2D eigenvalue weighted by Gasteiger charge is 2.62. The number of ether oxygens (including phenoxy) is 1. The van der Waals surface area contributed by atoms with Gasteiger partial charge in [0.1, 0.15) is 21.6 Å². The highest BCUT2D eigenvalue weighted by Crippen LogP contribution is 2.43. The minimum Gasteiger partial charge on any atom is -0.406 e. The SMILES string of the molecule is CS(=O)(=O)NCC(=O)N[C@@H]1CN2C(=O)N(c3cc(Cl)nc(Cl)c3)C(=O)C2(Cc2ccc(OC(F)(F)F)cc2)C1. The number of amides is 4. The Balaban J connectivity index is 1.63. The van der Waals surface area contributed by atoms with E-state index >= 15 is 0 Å². The Kier molecular flexibility index (Phi) is 7.73. The molecule has 2 saturated heterocycles. The summed E-state index contributed by atoms with van der Waals surface area (Å²) in [7, 11) is -3.64. The molecule has 4 rings (SSSR count). The van der Waals surface area contributed by atoms with E-state index in [1.165, 1.54) is 29.2 Å². The molecule has 0 bridgehead atoms. The van der Waals surface area contributed by atoms with Crippen LogP contribution in [0.25, 0.3) is 0 Å². The second kappa shape index (κ2) is 10.4. The second-order valence-electron chi connectivity index (χ2n) is 8.97. The monoisotopic (exact) mass is 609 g/mol. The first-order valence-electron chi connectivity index (χ1n) is 11.1. The summed E-state index contributed by atoms with van der Waals surface area (Å²) in [4.78, 5) is 45.6. The molecule has 2 aliphatic rings. The highest BCUT2D eigenvalue weighted by molar-refractivity contribution is 7.88. The largest absolute Gasteiger partial charge is 0.573 e. The van der Waals surface area contributed by atoms with Gasteiger partial charge in [-0.25, -0.2) is 27.8 Å². The molecule has 1 unspecified atom stereocenters. The fraction of sp³-hybridized carbons (Fsp3) is 0.364. The fourth-order valence-electron chi connectivity index (χ4n) is 4.63. The van der Waals surface area contributed by atoms with E-state index in [1.54, 1.807) is 0 Å².